The van der Waals surface area contributed by atoms with Crippen LogP contribution in [-0.2, 0) is 6.54 Å². The molecule has 0 bridgehead atoms. The van der Waals surface area contributed by atoms with Crippen LogP contribution >= 0.6 is 0 Å². The van der Waals surface area contributed by atoms with Crippen molar-refractivity contribution in [2.45, 2.75) is 45.2 Å². The molecule has 0 spiro atoms. The molecule has 3 rings (SSSR count). The van der Waals surface area contributed by atoms with Gasteiger partial charge in [0.05, 0.1) is 25.4 Å². The molecule has 0 aliphatic carbocycles. The highest BCUT2D eigenvalue weighted by Gasteiger charge is 2.26. The van der Waals surface area contributed by atoms with Gasteiger partial charge < -0.3 is 19.5 Å². The minimum Gasteiger partial charge on any atom is -0.497 e. The molecule has 0 unspecified atom stereocenters. The number of aromatic nitrogens is 1. The molecule has 2 heterocycles. The summed E-state index contributed by atoms with van der Waals surface area (Å²) in [6, 6.07) is 9.87. The van der Waals surface area contributed by atoms with E-state index >= 15 is 0 Å². The number of nitrogens with zero attached hydrogens (tertiary/aromatic N) is 2. The second-order valence-electron chi connectivity index (χ2n) is 6.42. The van der Waals surface area contributed by atoms with Gasteiger partial charge in [-0.3, -0.25) is 0 Å². The Balaban J connectivity index is 1.71. The summed E-state index contributed by atoms with van der Waals surface area (Å²) in [5.74, 6) is 1.50. The summed E-state index contributed by atoms with van der Waals surface area (Å²) in [6.45, 7) is 2.98. The maximum Gasteiger partial charge on any atom is 0.318 e. The smallest absolute Gasteiger partial charge is 0.318 e. The molecule has 0 saturated carbocycles. The number of amides is 2. The van der Waals surface area contributed by atoms with Crippen LogP contribution in [0.3, 0.4) is 0 Å². The average Bonchev–Trinajstić information content (AvgIpc) is 2.90. The van der Waals surface area contributed by atoms with Crippen molar-refractivity contribution in [2.24, 2.45) is 0 Å². The fraction of sp³-hybridized carbons (Fsp3) is 0.474. The first-order valence-corrected chi connectivity index (χ1v) is 8.78. The third kappa shape index (κ3) is 4.32. The minimum absolute atomic E-state index is 0.0585. The first-order chi connectivity index (χ1) is 12.2. The van der Waals surface area contributed by atoms with Crippen molar-refractivity contribution in [1.82, 2.24) is 15.4 Å². The number of ether oxygens (including phenoxy) is 1. The lowest BCUT2D eigenvalue weighted by molar-refractivity contribution is 0.174. The predicted molar refractivity (Wildman–Crippen MR) is 94.4 cm³/mol. The molecule has 2 amide bonds. The molecule has 1 N–H and O–H groups in total. The summed E-state index contributed by atoms with van der Waals surface area (Å²) in [6.07, 6.45) is 4.28. The first-order valence-electron chi connectivity index (χ1n) is 8.78. The monoisotopic (exact) mass is 343 g/mol. The van der Waals surface area contributed by atoms with E-state index in [1.54, 1.807) is 7.11 Å². The summed E-state index contributed by atoms with van der Waals surface area (Å²) in [7, 11) is 1.66. The van der Waals surface area contributed by atoms with Crippen LogP contribution in [0, 0.1) is 6.92 Å². The molecular formula is C19H25N3O3. The number of likely N-dealkylation sites (tertiary alicyclic amines) is 1. The number of urea groups is 1. The molecule has 1 saturated heterocycles. The van der Waals surface area contributed by atoms with Gasteiger partial charge in [-0.05, 0) is 37.5 Å². The largest absolute Gasteiger partial charge is 0.497 e. The number of carbonyl (C=O) groups is 1. The van der Waals surface area contributed by atoms with Gasteiger partial charge in [0.1, 0.15) is 5.75 Å². The SMILES string of the molecule is COc1ccc([C@@H]2CCCCCN2C(=O)NCc2cc(C)no2)cc1. The van der Waals surface area contributed by atoms with E-state index in [0.717, 1.165) is 49.2 Å². The summed E-state index contributed by atoms with van der Waals surface area (Å²) >= 11 is 0. The fourth-order valence-corrected chi connectivity index (χ4v) is 3.29. The Kier molecular flexibility index (Phi) is 5.58. The molecular weight excluding hydrogens is 318 g/mol. The van der Waals surface area contributed by atoms with Gasteiger partial charge in [0.2, 0.25) is 0 Å². The van der Waals surface area contributed by atoms with Crippen molar-refractivity contribution in [2.75, 3.05) is 13.7 Å². The van der Waals surface area contributed by atoms with Gasteiger partial charge in [0.25, 0.3) is 0 Å². The number of hydrogen-bond acceptors (Lipinski definition) is 4. The van der Waals surface area contributed by atoms with Gasteiger partial charge in [-0.25, -0.2) is 4.79 Å². The summed E-state index contributed by atoms with van der Waals surface area (Å²) in [5.41, 5.74) is 1.96. The van der Waals surface area contributed by atoms with Crippen molar-refractivity contribution in [3.05, 3.63) is 47.3 Å². The number of benzene rings is 1. The summed E-state index contributed by atoms with van der Waals surface area (Å²) < 4.78 is 10.4. The molecule has 2 aromatic rings. The summed E-state index contributed by atoms with van der Waals surface area (Å²) in [5, 5.41) is 6.81. The van der Waals surface area contributed by atoms with Crippen molar-refractivity contribution in [3.8, 4) is 5.75 Å². The van der Waals surface area contributed by atoms with E-state index in [1.807, 2.05) is 30.0 Å². The number of aryl methyl sites for hydroxylation is 1. The third-order valence-electron chi connectivity index (χ3n) is 4.60. The standard InChI is InChI=1S/C19H25N3O3/c1-14-12-17(25-21-14)13-20-19(23)22-11-5-3-4-6-18(22)15-7-9-16(24-2)10-8-15/h7-10,12,18H,3-6,11,13H2,1-2H3,(H,20,23)/t18-/m0/s1. The van der Waals surface area contributed by atoms with Gasteiger partial charge >= 0.3 is 6.03 Å². The molecule has 6 heteroatoms. The van der Waals surface area contributed by atoms with Crippen molar-refractivity contribution in [1.29, 1.82) is 0 Å². The van der Waals surface area contributed by atoms with Crippen LogP contribution in [0.5, 0.6) is 5.75 Å². The van der Waals surface area contributed by atoms with E-state index in [4.69, 9.17) is 9.26 Å². The maximum absolute atomic E-state index is 12.8. The lowest BCUT2D eigenvalue weighted by Gasteiger charge is -2.30. The lowest BCUT2D eigenvalue weighted by atomic mass is 10.0. The summed E-state index contributed by atoms with van der Waals surface area (Å²) in [4.78, 5) is 14.7. The Bertz CT molecular complexity index is 696. The number of hydrogen-bond donors (Lipinski definition) is 1. The molecule has 1 atom stereocenters. The highest BCUT2D eigenvalue weighted by Crippen LogP contribution is 2.31. The van der Waals surface area contributed by atoms with E-state index in [0.29, 0.717) is 12.3 Å². The number of methoxy groups -OCH3 is 1. The van der Waals surface area contributed by atoms with E-state index in [9.17, 15) is 4.79 Å². The fourth-order valence-electron chi connectivity index (χ4n) is 3.29. The topological polar surface area (TPSA) is 67.6 Å². The number of carbonyl (C=O) groups excluding carboxylic acids is 1. The van der Waals surface area contributed by atoms with Gasteiger partial charge in [-0.2, -0.15) is 0 Å². The average molecular weight is 343 g/mol. The van der Waals surface area contributed by atoms with Crippen LogP contribution in [0.2, 0.25) is 0 Å². The van der Waals surface area contributed by atoms with E-state index < -0.39 is 0 Å². The number of nitrogens with one attached hydrogen (secondary N) is 1. The molecule has 1 aliphatic rings. The molecule has 6 nitrogen and oxygen atoms in total. The van der Waals surface area contributed by atoms with Crippen molar-refractivity contribution < 1.29 is 14.1 Å². The Morgan fingerprint density at radius 3 is 2.80 bits per heavy atom. The molecule has 1 aliphatic heterocycles. The highest BCUT2D eigenvalue weighted by molar-refractivity contribution is 5.74. The molecule has 1 aromatic carbocycles. The van der Waals surface area contributed by atoms with Gasteiger partial charge in [-0.15, -0.1) is 0 Å². The van der Waals surface area contributed by atoms with Crippen LogP contribution in [0.4, 0.5) is 4.79 Å². The van der Waals surface area contributed by atoms with Gasteiger partial charge in [0.15, 0.2) is 5.76 Å². The van der Waals surface area contributed by atoms with Gasteiger partial charge in [0, 0.05) is 12.6 Å². The van der Waals surface area contributed by atoms with E-state index in [-0.39, 0.29) is 12.1 Å². The Hall–Kier alpha value is -2.50. The predicted octanol–water partition coefficient (Wildman–Crippen LogP) is 3.82. The zero-order valence-corrected chi connectivity index (χ0v) is 14.8. The third-order valence-corrected chi connectivity index (χ3v) is 4.60. The molecule has 1 fully saturated rings. The molecule has 134 valence electrons. The van der Waals surface area contributed by atoms with E-state index in [2.05, 4.69) is 22.6 Å². The van der Waals surface area contributed by atoms with Crippen LogP contribution in [-0.4, -0.2) is 29.7 Å². The number of rotatable bonds is 4. The Labute approximate surface area is 148 Å². The van der Waals surface area contributed by atoms with Crippen LogP contribution in [0.1, 0.15) is 48.7 Å². The Morgan fingerprint density at radius 1 is 1.32 bits per heavy atom. The second-order valence-corrected chi connectivity index (χ2v) is 6.42. The van der Waals surface area contributed by atoms with E-state index in [1.165, 1.54) is 0 Å². The Morgan fingerprint density at radius 2 is 2.12 bits per heavy atom. The molecule has 1 aromatic heterocycles. The lowest BCUT2D eigenvalue weighted by Crippen LogP contribution is -2.41. The zero-order chi connectivity index (χ0) is 17.6. The molecule has 25 heavy (non-hydrogen) atoms. The second kappa shape index (κ2) is 8.05. The maximum atomic E-state index is 12.8. The minimum atomic E-state index is -0.0585. The van der Waals surface area contributed by atoms with Crippen molar-refractivity contribution in [3.63, 3.8) is 0 Å². The highest BCUT2D eigenvalue weighted by atomic mass is 16.5. The van der Waals surface area contributed by atoms with Crippen LogP contribution in [0.15, 0.2) is 34.9 Å². The van der Waals surface area contributed by atoms with Crippen LogP contribution < -0.4 is 10.1 Å². The zero-order valence-electron chi connectivity index (χ0n) is 14.8. The molecule has 0 radical (unpaired) electrons. The van der Waals surface area contributed by atoms with Crippen LogP contribution in [0.25, 0.3) is 0 Å². The quantitative estimate of drug-likeness (QED) is 0.916. The van der Waals surface area contributed by atoms with Gasteiger partial charge in [-0.1, -0.05) is 30.1 Å². The van der Waals surface area contributed by atoms with Crippen molar-refractivity contribution >= 4 is 6.03 Å². The first kappa shape index (κ1) is 17.3. The normalized spacial score (nSPS) is 17.8.